The Kier molecular flexibility index (Phi) is 8.78. The van der Waals surface area contributed by atoms with E-state index in [9.17, 15) is 21.6 Å². The first-order valence-corrected chi connectivity index (χ1v) is 15.9. The molecule has 0 unspecified atom stereocenters. The highest BCUT2D eigenvalue weighted by molar-refractivity contribution is 7.92. The van der Waals surface area contributed by atoms with Gasteiger partial charge in [-0.25, -0.2) is 16.8 Å². The number of nitrogens with one attached hydrogen (secondary N) is 1. The number of hydrogen-bond acceptors (Lipinski definition) is 5. The van der Waals surface area contributed by atoms with Crippen LogP contribution in [-0.4, -0.2) is 46.7 Å². The van der Waals surface area contributed by atoms with Crippen molar-refractivity contribution in [3.8, 4) is 0 Å². The normalized spacial score (nSPS) is 14.9. The molecule has 1 heterocycles. The molecule has 10 heteroatoms. The maximum atomic E-state index is 13.7. The topological polar surface area (TPSA) is 104 Å². The summed E-state index contributed by atoms with van der Waals surface area (Å²) < 4.78 is 56.2. The van der Waals surface area contributed by atoms with Crippen LogP contribution in [0.2, 0.25) is 0 Å². The van der Waals surface area contributed by atoms with E-state index in [0.717, 1.165) is 41.1 Å². The fourth-order valence-corrected chi connectivity index (χ4v) is 7.59. The van der Waals surface area contributed by atoms with Crippen molar-refractivity contribution >= 4 is 37.3 Å². The monoisotopic (exact) mass is 569 g/mol. The molecule has 1 N–H and O–H groups in total. The SMILES string of the molecule is Cc1ccc(S(=O)(=O)N(CC(=O)Nc2ccc(S(=O)(=O)N3CCCCCC3)cc2)c2cc(C)ccc2C)cc1. The molecule has 0 aromatic heterocycles. The molecule has 0 saturated carbocycles. The van der Waals surface area contributed by atoms with Gasteiger partial charge >= 0.3 is 0 Å². The smallest absolute Gasteiger partial charge is 0.264 e. The van der Waals surface area contributed by atoms with Gasteiger partial charge in [-0.15, -0.1) is 0 Å². The molecule has 0 aliphatic carbocycles. The molecule has 1 saturated heterocycles. The minimum Gasteiger partial charge on any atom is -0.325 e. The Morgan fingerprint density at radius 3 is 1.95 bits per heavy atom. The number of rotatable bonds is 8. The molecule has 1 fully saturated rings. The molecule has 0 bridgehead atoms. The molecule has 8 nitrogen and oxygen atoms in total. The second-order valence-electron chi connectivity index (χ2n) is 10.0. The molecule has 208 valence electrons. The van der Waals surface area contributed by atoms with Crippen LogP contribution < -0.4 is 9.62 Å². The highest BCUT2D eigenvalue weighted by Gasteiger charge is 2.29. The van der Waals surface area contributed by atoms with Crippen LogP contribution in [0.15, 0.2) is 76.5 Å². The summed E-state index contributed by atoms with van der Waals surface area (Å²) in [6.07, 6.45) is 3.73. The second kappa shape index (κ2) is 11.9. The van der Waals surface area contributed by atoms with Gasteiger partial charge in [0.25, 0.3) is 10.0 Å². The average molecular weight is 570 g/mol. The van der Waals surface area contributed by atoms with Crippen LogP contribution in [0.4, 0.5) is 11.4 Å². The summed E-state index contributed by atoms with van der Waals surface area (Å²) in [6, 6.07) is 18.0. The lowest BCUT2D eigenvalue weighted by atomic mass is 10.1. The van der Waals surface area contributed by atoms with Gasteiger partial charge in [0.15, 0.2) is 0 Å². The molecule has 0 radical (unpaired) electrons. The summed E-state index contributed by atoms with van der Waals surface area (Å²) in [6.45, 7) is 6.09. The molecule has 3 aromatic rings. The number of benzene rings is 3. The highest BCUT2D eigenvalue weighted by atomic mass is 32.2. The van der Waals surface area contributed by atoms with E-state index in [-0.39, 0.29) is 9.79 Å². The molecule has 1 aliphatic heterocycles. The van der Waals surface area contributed by atoms with Crippen LogP contribution >= 0.6 is 0 Å². The second-order valence-corrected chi connectivity index (χ2v) is 13.8. The van der Waals surface area contributed by atoms with Gasteiger partial charge in [0, 0.05) is 18.8 Å². The van der Waals surface area contributed by atoms with Gasteiger partial charge in [0.2, 0.25) is 15.9 Å². The van der Waals surface area contributed by atoms with Crippen molar-refractivity contribution in [2.45, 2.75) is 56.2 Å². The quantitative estimate of drug-likeness (QED) is 0.411. The summed E-state index contributed by atoms with van der Waals surface area (Å²) in [5.41, 5.74) is 3.30. The van der Waals surface area contributed by atoms with Crippen molar-refractivity contribution in [2.75, 3.05) is 29.3 Å². The highest BCUT2D eigenvalue weighted by Crippen LogP contribution is 2.28. The van der Waals surface area contributed by atoms with Crippen molar-refractivity contribution in [3.63, 3.8) is 0 Å². The minimum absolute atomic E-state index is 0.0879. The van der Waals surface area contributed by atoms with Crippen LogP contribution in [0.25, 0.3) is 0 Å². The van der Waals surface area contributed by atoms with Crippen molar-refractivity contribution in [1.82, 2.24) is 4.31 Å². The zero-order chi connectivity index (χ0) is 28.2. The lowest BCUT2D eigenvalue weighted by molar-refractivity contribution is -0.114. The third kappa shape index (κ3) is 6.69. The van der Waals surface area contributed by atoms with E-state index in [1.54, 1.807) is 25.1 Å². The van der Waals surface area contributed by atoms with Gasteiger partial charge in [0.1, 0.15) is 6.54 Å². The standard InChI is InChI=1S/C29H35N3O5S2/c1-22-9-14-27(15-10-22)39(36,37)32(28-20-23(2)8-11-24(28)3)21-29(33)30-25-12-16-26(17-13-25)38(34,35)31-18-6-4-5-7-19-31/h8-17,20H,4-7,18-19,21H2,1-3H3,(H,30,33). The number of anilines is 2. The van der Waals surface area contributed by atoms with Gasteiger partial charge < -0.3 is 5.32 Å². The van der Waals surface area contributed by atoms with Crippen LogP contribution in [0.1, 0.15) is 42.4 Å². The maximum absolute atomic E-state index is 13.7. The van der Waals surface area contributed by atoms with Crippen molar-refractivity contribution in [1.29, 1.82) is 0 Å². The Hall–Kier alpha value is -3.21. The Morgan fingerprint density at radius 2 is 1.33 bits per heavy atom. The van der Waals surface area contributed by atoms with Gasteiger partial charge in [-0.05, 0) is 87.2 Å². The van der Waals surface area contributed by atoms with Crippen LogP contribution in [0.5, 0.6) is 0 Å². The first-order valence-electron chi connectivity index (χ1n) is 13.1. The molecule has 0 atom stereocenters. The third-order valence-electron chi connectivity index (χ3n) is 6.87. The van der Waals surface area contributed by atoms with E-state index in [2.05, 4.69) is 5.32 Å². The molecule has 1 aliphatic rings. The fraction of sp³-hybridized carbons (Fsp3) is 0.345. The molecular formula is C29H35N3O5S2. The predicted molar refractivity (Wildman–Crippen MR) is 154 cm³/mol. The van der Waals surface area contributed by atoms with E-state index < -0.39 is 32.5 Å². The van der Waals surface area contributed by atoms with Crippen LogP contribution in [0, 0.1) is 20.8 Å². The van der Waals surface area contributed by atoms with Crippen molar-refractivity contribution in [3.05, 3.63) is 83.4 Å². The summed E-state index contributed by atoms with van der Waals surface area (Å²) in [7, 11) is -7.67. The van der Waals surface area contributed by atoms with Crippen LogP contribution in [-0.2, 0) is 24.8 Å². The van der Waals surface area contributed by atoms with E-state index in [1.165, 1.54) is 40.7 Å². The van der Waals surface area contributed by atoms with E-state index in [4.69, 9.17) is 0 Å². The zero-order valence-corrected chi connectivity index (χ0v) is 24.2. The summed E-state index contributed by atoms with van der Waals surface area (Å²) >= 11 is 0. The minimum atomic E-state index is -4.05. The summed E-state index contributed by atoms with van der Waals surface area (Å²) in [5.74, 6) is -0.547. The molecule has 4 rings (SSSR count). The Morgan fingerprint density at radius 1 is 0.769 bits per heavy atom. The Bertz CT molecular complexity index is 1530. The summed E-state index contributed by atoms with van der Waals surface area (Å²) in [4.78, 5) is 13.4. The molecule has 39 heavy (non-hydrogen) atoms. The predicted octanol–water partition coefficient (Wildman–Crippen LogP) is 5.01. The first kappa shape index (κ1) is 28.8. The Labute approximate surface area is 231 Å². The lowest BCUT2D eigenvalue weighted by Crippen LogP contribution is -2.38. The van der Waals surface area contributed by atoms with E-state index in [1.807, 2.05) is 26.0 Å². The van der Waals surface area contributed by atoms with Crippen molar-refractivity contribution < 1.29 is 21.6 Å². The van der Waals surface area contributed by atoms with Gasteiger partial charge in [-0.2, -0.15) is 4.31 Å². The number of hydrogen-bond donors (Lipinski definition) is 1. The van der Waals surface area contributed by atoms with E-state index in [0.29, 0.717) is 30.0 Å². The number of nitrogens with zero attached hydrogens (tertiary/aromatic N) is 2. The summed E-state index contributed by atoms with van der Waals surface area (Å²) in [5, 5.41) is 2.72. The molecular weight excluding hydrogens is 534 g/mol. The largest absolute Gasteiger partial charge is 0.325 e. The van der Waals surface area contributed by atoms with Gasteiger partial charge in [-0.1, -0.05) is 42.7 Å². The number of amides is 1. The number of sulfonamides is 2. The first-order chi connectivity index (χ1) is 18.5. The van der Waals surface area contributed by atoms with Crippen molar-refractivity contribution in [2.24, 2.45) is 0 Å². The van der Waals surface area contributed by atoms with Gasteiger partial charge in [-0.3, -0.25) is 9.10 Å². The third-order valence-corrected chi connectivity index (χ3v) is 10.6. The van der Waals surface area contributed by atoms with Crippen LogP contribution in [0.3, 0.4) is 0 Å². The average Bonchev–Trinajstić information content (AvgIpc) is 3.20. The van der Waals surface area contributed by atoms with E-state index >= 15 is 0 Å². The molecule has 3 aromatic carbocycles. The number of aryl methyl sites for hydroxylation is 3. The van der Waals surface area contributed by atoms with Gasteiger partial charge in [0.05, 0.1) is 15.5 Å². The fourth-order valence-electron chi connectivity index (χ4n) is 4.60. The maximum Gasteiger partial charge on any atom is 0.264 e. The molecule has 0 spiro atoms. The molecule has 1 amide bonds. The number of carbonyl (C=O) groups is 1. The number of carbonyl (C=O) groups excluding carboxylic acids is 1. The lowest BCUT2D eigenvalue weighted by Gasteiger charge is -2.26. The Balaban J connectivity index is 1.57. The zero-order valence-electron chi connectivity index (χ0n) is 22.6.